The average molecular weight is 376 g/mol. The van der Waals surface area contributed by atoms with Gasteiger partial charge in [0.05, 0.1) is 6.54 Å². The number of nitrogens with one attached hydrogen (secondary N) is 2. The number of guanidine groups is 1. The van der Waals surface area contributed by atoms with E-state index in [1.54, 1.807) is 6.20 Å². The molecule has 0 amide bonds. The standard InChI is InChI=1S/C17H22BrN5/c1-19-16(20-9-11-23-10-3-8-22-23)21-13-17(6-7-17)14-4-2-5-15(18)12-14/h2-5,8,10,12H,6-7,9,11,13H2,1H3,(H2,19,20,21). The van der Waals surface area contributed by atoms with Crippen molar-refractivity contribution in [3.05, 3.63) is 52.8 Å². The molecule has 0 radical (unpaired) electrons. The number of hydrogen-bond acceptors (Lipinski definition) is 2. The van der Waals surface area contributed by atoms with Gasteiger partial charge in [-0.25, -0.2) is 0 Å². The van der Waals surface area contributed by atoms with E-state index in [1.165, 1.54) is 18.4 Å². The summed E-state index contributed by atoms with van der Waals surface area (Å²) < 4.78 is 3.05. The Morgan fingerprint density at radius 1 is 1.35 bits per heavy atom. The van der Waals surface area contributed by atoms with Gasteiger partial charge in [0, 0.05) is 42.4 Å². The lowest BCUT2D eigenvalue weighted by Gasteiger charge is -2.19. The van der Waals surface area contributed by atoms with Crippen LogP contribution < -0.4 is 10.6 Å². The van der Waals surface area contributed by atoms with Gasteiger partial charge in [-0.15, -0.1) is 0 Å². The van der Waals surface area contributed by atoms with E-state index in [9.17, 15) is 0 Å². The van der Waals surface area contributed by atoms with E-state index in [-0.39, 0.29) is 5.41 Å². The molecule has 1 heterocycles. The van der Waals surface area contributed by atoms with Crippen LogP contribution in [0.2, 0.25) is 0 Å². The Morgan fingerprint density at radius 2 is 2.22 bits per heavy atom. The fourth-order valence-electron chi connectivity index (χ4n) is 2.73. The van der Waals surface area contributed by atoms with Crippen LogP contribution in [-0.4, -0.2) is 35.9 Å². The van der Waals surface area contributed by atoms with Gasteiger partial charge in [-0.3, -0.25) is 9.67 Å². The largest absolute Gasteiger partial charge is 0.356 e. The highest BCUT2D eigenvalue weighted by Gasteiger charge is 2.44. The van der Waals surface area contributed by atoms with E-state index in [1.807, 2.05) is 24.0 Å². The maximum Gasteiger partial charge on any atom is 0.191 e. The maximum absolute atomic E-state index is 4.30. The summed E-state index contributed by atoms with van der Waals surface area (Å²) in [5, 5.41) is 11.0. The first-order valence-corrected chi connectivity index (χ1v) is 8.69. The van der Waals surface area contributed by atoms with Crippen LogP contribution in [0.15, 0.2) is 52.2 Å². The molecule has 0 bridgehead atoms. The number of rotatable bonds is 6. The summed E-state index contributed by atoms with van der Waals surface area (Å²) >= 11 is 3.56. The van der Waals surface area contributed by atoms with Crippen LogP contribution in [0.1, 0.15) is 18.4 Å². The molecular formula is C17H22BrN5. The second-order valence-electron chi connectivity index (χ2n) is 5.91. The lowest BCUT2D eigenvalue weighted by atomic mass is 9.96. The first-order valence-electron chi connectivity index (χ1n) is 7.90. The minimum Gasteiger partial charge on any atom is -0.356 e. The quantitative estimate of drug-likeness (QED) is 0.602. The van der Waals surface area contributed by atoms with Crippen molar-refractivity contribution < 1.29 is 0 Å². The Kier molecular flexibility index (Phi) is 5.00. The van der Waals surface area contributed by atoms with E-state index in [2.05, 4.69) is 60.9 Å². The highest BCUT2D eigenvalue weighted by molar-refractivity contribution is 9.10. The molecular weight excluding hydrogens is 354 g/mol. The van der Waals surface area contributed by atoms with Gasteiger partial charge in [-0.1, -0.05) is 28.1 Å². The van der Waals surface area contributed by atoms with E-state index >= 15 is 0 Å². The van der Waals surface area contributed by atoms with Crippen molar-refractivity contribution in [1.82, 2.24) is 20.4 Å². The molecule has 23 heavy (non-hydrogen) atoms. The summed E-state index contributed by atoms with van der Waals surface area (Å²) in [5.41, 5.74) is 1.65. The Bertz CT molecular complexity index is 661. The molecule has 1 saturated carbocycles. The van der Waals surface area contributed by atoms with Crippen LogP contribution in [0, 0.1) is 0 Å². The molecule has 0 aliphatic heterocycles. The highest BCUT2D eigenvalue weighted by atomic mass is 79.9. The van der Waals surface area contributed by atoms with Gasteiger partial charge in [0.25, 0.3) is 0 Å². The van der Waals surface area contributed by atoms with Gasteiger partial charge in [0.2, 0.25) is 0 Å². The van der Waals surface area contributed by atoms with Gasteiger partial charge < -0.3 is 10.6 Å². The zero-order valence-electron chi connectivity index (χ0n) is 13.3. The van der Waals surface area contributed by atoms with Crippen molar-refractivity contribution in [3.8, 4) is 0 Å². The second kappa shape index (κ2) is 7.17. The topological polar surface area (TPSA) is 54.2 Å². The molecule has 2 N–H and O–H groups in total. The molecule has 0 saturated heterocycles. The number of aromatic nitrogens is 2. The number of halogens is 1. The van der Waals surface area contributed by atoms with Gasteiger partial charge >= 0.3 is 0 Å². The van der Waals surface area contributed by atoms with Crippen LogP contribution in [0.4, 0.5) is 0 Å². The zero-order chi connectivity index (χ0) is 16.1. The van der Waals surface area contributed by atoms with Gasteiger partial charge in [0.15, 0.2) is 5.96 Å². The molecule has 6 heteroatoms. The number of nitrogens with zero attached hydrogens (tertiary/aromatic N) is 3. The minimum atomic E-state index is 0.253. The third-order valence-electron chi connectivity index (χ3n) is 4.30. The summed E-state index contributed by atoms with van der Waals surface area (Å²) in [6.07, 6.45) is 6.20. The third kappa shape index (κ3) is 4.13. The molecule has 1 aromatic heterocycles. The van der Waals surface area contributed by atoms with Gasteiger partial charge in [0.1, 0.15) is 0 Å². The molecule has 0 spiro atoms. The van der Waals surface area contributed by atoms with E-state index in [4.69, 9.17) is 0 Å². The minimum absolute atomic E-state index is 0.253. The number of hydrogen-bond donors (Lipinski definition) is 2. The predicted molar refractivity (Wildman–Crippen MR) is 96.6 cm³/mol. The summed E-state index contributed by atoms with van der Waals surface area (Å²) in [6.45, 7) is 2.53. The normalized spacial score (nSPS) is 16.2. The van der Waals surface area contributed by atoms with Crippen molar-refractivity contribution in [2.24, 2.45) is 4.99 Å². The molecule has 2 aromatic rings. The van der Waals surface area contributed by atoms with Crippen molar-refractivity contribution in [1.29, 1.82) is 0 Å². The van der Waals surface area contributed by atoms with E-state index in [0.717, 1.165) is 30.1 Å². The molecule has 1 aromatic carbocycles. The smallest absolute Gasteiger partial charge is 0.191 e. The SMILES string of the molecule is CN=C(NCCn1cccn1)NCC1(c2cccc(Br)c2)CC1. The summed E-state index contributed by atoms with van der Waals surface area (Å²) in [4.78, 5) is 4.30. The van der Waals surface area contributed by atoms with Gasteiger partial charge in [-0.05, 0) is 36.6 Å². The summed E-state index contributed by atoms with van der Waals surface area (Å²) in [5.74, 6) is 0.846. The Balaban J connectivity index is 1.50. The maximum atomic E-state index is 4.30. The van der Waals surface area contributed by atoms with Crippen LogP contribution in [-0.2, 0) is 12.0 Å². The average Bonchev–Trinajstić information content (AvgIpc) is 3.18. The van der Waals surface area contributed by atoms with E-state index < -0.39 is 0 Å². The Hall–Kier alpha value is -1.82. The van der Waals surface area contributed by atoms with Crippen molar-refractivity contribution >= 4 is 21.9 Å². The van der Waals surface area contributed by atoms with Crippen LogP contribution in [0.25, 0.3) is 0 Å². The molecule has 1 aliphatic rings. The van der Waals surface area contributed by atoms with Crippen LogP contribution >= 0.6 is 15.9 Å². The molecule has 122 valence electrons. The van der Waals surface area contributed by atoms with Crippen LogP contribution in [0.3, 0.4) is 0 Å². The molecule has 3 rings (SSSR count). The summed E-state index contributed by atoms with van der Waals surface area (Å²) in [7, 11) is 1.81. The number of benzene rings is 1. The first kappa shape index (κ1) is 16.1. The molecule has 0 atom stereocenters. The first-order chi connectivity index (χ1) is 11.2. The van der Waals surface area contributed by atoms with Crippen molar-refractivity contribution in [2.75, 3.05) is 20.1 Å². The van der Waals surface area contributed by atoms with Gasteiger partial charge in [-0.2, -0.15) is 5.10 Å². The Labute approximate surface area is 145 Å². The Morgan fingerprint density at radius 3 is 2.87 bits per heavy atom. The molecule has 0 unspecified atom stereocenters. The summed E-state index contributed by atoms with van der Waals surface area (Å²) in [6, 6.07) is 10.6. The second-order valence-corrected chi connectivity index (χ2v) is 6.83. The zero-order valence-corrected chi connectivity index (χ0v) is 14.9. The molecule has 5 nitrogen and oxygen atoms in total. The van der Waals surface area contributed by atoms with Crippen LogP contribution in [0.5, 0.6) is 0 Å². The monoisotopic (exact) mass is 375 g/mol. The number of aliphatic imine (C=N–C) groups is 1. The molecule has 1 fully saturated rings. The van der Waals surface area contributed by atoms with Crippen molar-refractivity contribution in [3.63, 3.8) is 0 Å². The fraction of sp³-hybridized carbons (Fsp3) is 0.412. The lowest BCUT2D eigenvalue weighted by Crippen LogP contribution is -2.42. The highest BCUT2D eigenvalue weighted by Crippen LogP contribution is 2.48. The predicted octanol–water partition coefficient (Wildman–Crippen LogP) is 2.54. The fourth-order valence-corrected chi connectivity index (χ4v) is 3.13. The van der Waals surface area contributed by atoms with Crippen molar-refractivity contribution in [2.45, 2.75) is 24.8 Å². The lowest BCUT2D eigenvalue weighted by molar-refractivity contribution is 0.590. The molecule has 1 aliphatic carbocycles. The van der Waals surface area contributed by atoms with E-state index in [0.29, 0.717) is 0 Å². The third-order valence-corrected chi connectivity index (χ3v) is 4.79.